The zero-order chi connectivity index (χ0) is 19.4. The molecule has 4 aliphatic carbocycles. The summed E-state index contributed by atoms with van der Waals surface area (Å²) in [6.45, 7) is 4.89. The maximum atomic E-state index is 12.9. The highest BCUT2D eigenvalue weighted by molar-refractivity contribution is 6.06. The minimum Gasteiger partial charge on any atom is -0.490 e. The number of allylic oxidation sites excluding steroid dienone is 2. The van der Waals surface area contributed by atoms with Crippen molar-refractivity contribution >= 4 is 18.0 Å². The van der Waals surface area contributed by atoms with Gasteiger partial charge in [0.1, 0.15) is 0 Å². The van der Waals surface area contributed by atoms with Gasteiger partial charge < -0.3 is 9.47 Å². The van der Waals surface area contributed by atoms with Gasteiger partial charge in [0.2, 0.25) is 0 Å². The van der Waals surface area contributed by atoms with E-state index in [1.807, 2.05) is 32.0 Å². The van der Waals surface area contributed by atoms with Crippen molar-refractivity contribution in [3.05, 3.63) is 35.9 Å². The fourth-order valence-electron chi connectivity index (χ4n) is 5.33. The number of amides is 2. The maximum absolute atomic E-state index is 12.9. The third kappa shape index (κ3) is 2.50. The fourth-order valence-corrected chi connectivity index (χ4v) is 5.33. The van der Waals surface area contributed by atoms with E-state index in [9.17, 15) is 9.59 Å². The molecular formula is C22H24N2O4. The van der Waals surface area contributed by atoms with E-state index in [4.69, 9.17) is 9.47 Å². The fraction of sp³-hybridized carbons (Fsp3) is 0.500. The molecule has 6 atom stereocenters. The van der Waals surface area contributed by atoms with Gasteiger partial charge in [0.05, 0.1) is 31.3 Å². The highest BCUT2D eigenvalue weighted by atomic mass is 16.5. The first-order valence-electron chi connectivity index (χ1n) is 10.1. The third-order valence-electron chi connectivity index (χ3n) is 6.53. The topological polar surface area (TPSA) is 68.2 Å². The second-order valence-corrected chi connectivity index (χ2v) is 7.96. The quantitative estimate of drug-likeness (QED) is 0.432. The van der Waals surface area contributed by atoms with Crippen molar-refractivity contribution in [2.45, 2.75) is 20.3 Å². The zero-order valence-corrected chi connectivity index (χ0v) is 16.1. The van der Waals surface area contributed by atoms with E-state index >= 15 is 0 Å². The van der Waals surface area contributed by atoms with E-state index < -0.39 is 0 Å². The molecule has 0 aromatic heterocycles. The Morgan fingerprint density at radius 1 is 1.00 bits per heavy atom. The molecule has 146 valence electrons. The van der Waals surface area contributed by atoms with Crippen molar-refractivity contribution in [2.75, 3.05) is 13.2 Å². The van der Waals surface area contributed by atoms with E-state index in [-0.39, 0.29) is 35.5 Å². The number of carbonyl (C=O) groups excluding carboxylic acids is 2. The van der Waals surface area contributed by atoms with Crippen LogP contribution in [0, 0.1) is 35.5 Å². The first-order chi connectivity index (χ1) is 13.6. The molecule has 6 unspecified atom stereocenters. The van der Waals surface area contributed by atoms with Crippen LogP contribution in [0.4, 0.5) is 0 Å². The number of rotatable bonds is 6. The van der Waals surface area contributed by atoms with E-state index in [2.05, 4.69) is 17.3 Å². The van der Waals surface area contributed by atoms with Gasteiger partial charge in [-0.05, 0) is 67.7 Å². The molecule has 0 N–H and O–H groups in total. The number of benzene rings is 1. The molecule has 6 heteroatoms. The molecule has 2 amide bonds. The Balaban J connectivity index is 1.38. The Kier molecular flexibility index (Phi) is 4.03. The van der Waals surface area contributed by atoms with Crippen molar-refractivity contribution in [3.8, 4) is 11.5 Å². The standard InChI is InChI=1S/C22H24N2O4/c1-3-27-17-8-5-12(9-18(17)28-4-2)11-23-24-21(25)19-13-6-7-14(16-10-15(13)16)20(19)22(24)26/h5-9,11,13-16,19-20H,3-4,10H2,1-2H3/b23-11+. The van der Waals surface area contributed by atoms with Gasteiger partial charge in [-0.1, -0.05) is 12.2 Å². The molecule has 3 fully saturated rings. The molecule has 6 nitrogen and oxygen atoms in total. The number of hydrogen-bond acceptors (Lipinski definition) is 5. The molecule has 1 aliphatic heterocycles. The van der Waals surface area contributed by atoms with Crippen LogP contribution in [-0.4, -0.2) is 36.3 Å². The second-order valence-electron chi connectivity index (χ2n) is 7.96. The summed E-state index contributed by atoms with van der Waals surface area (Å²) in [6, 6.07) is 5.48. The molecule has 2 bridgehead atoms. The van der Waals surface area contributed by atoms with Crippen LogP contribution in [0.2, 0.25) is 0 Å². The van der Waals surface area contributed by atoms with Gasteiger partial charge in [0.25, 0.3) is 11.8 Å². The predicted molar refractivity (Wildman–Crippen MR) is 103 cm³/mol. The monoisotopic (exact) mass is 380 g/mol. The third-order valence-corrected chi connectivity index (χ3v) is 6.53. The Morgan fingerprint density at radius 3 is 2.21 bits per heavy atom. The summed E-state index contributed by atoms with van der Waals surface area (Å²) in [5, 5.41) is 5.38. The Labute approximate surface area is 164 Å². The maximum Gasteiger partial charge on any atom is 0.254 e. The Morgan fingerprint density at radius 2 is 1.61 bits per heavy atom. The van der Waals surface area contributed by atoms with Crippen molar-refractivity contribution in [2.24, 2.45) is 40.6 Å². The van der Waals surface area contributed by atoms with E-state index in [1.54, 1.807) is 6.21 Å². The molecule has 1 aromatic rings. The van der Waals surface area contributed by atoms with Gasteiger partial charge in [0, 0.05) is 0 Å². The van der Waals surface area contributed by atoms with Crippen LogP contribution in [-0.2, 0) is 9.59 Å². The first kappa shape index (κ1) is 17.5. The molecule has 1 saturated heterocycles. The summed E-state index contributed by atoms with van der Waals surface area (Å²) in [5.41, 5.74) is 0.756. The van der Waals surface area contributed by atoms with Gasteiger partial charge in [-0.2, -0.15) is 10.1 Å². The lowest BCUT2D eigenvalue weighted by molar-refractivity contribution is -0.140. The molecule has 5 aliphatic rings. The van der Waals surface area contributed by atoms with Crippen LogP contribution in [0.25, 0.3) is 0 Å². The molecule has 0 radical (unpaired) electrons. The molecule has 2 saturated carbocycles. The lowest BCUT2D eigenvalue weighted by Gasteiger charge is -2.37. The van der Waals surface area contributed by atoms with Gasteiger partial charge in [0.15, 0.2) is 11.5 Å². The van der Waals surface area contributed by atoms with Crippen LogP contribution in [0.3, 0.4) is 0 Å². The molecule has 6 rings (SSSR count). The molecule has 1 heterocycles. The summed E-state index contributed by atoms with van der Waals surface area (Å²) < 4.78 is 11.2. The van der Waals surface area contributed by atoms with Gasteiger partial charge in [-0.25, -0.2) is 0 Å². The largest absolute Gasteiger partial charge is 0.490 e. The summed E-state index contributed by atoms with van der Waals surface area (Å²) in [6.07, 6.45) is 7.05. The van der Waals surface area contributed by atoms with Crippen LogP contribution >= 0.6 is 0 Å². The number of ether oxygens (including phenoxy) is 2. The van der Waals surface area contributed by atoms with Crippen LogP contribution in [0.15, 0.2) is 35.5 Å². The Hall–Kier alpha value is -2.63. The number of hydrazone groups is 1. The molecule has 28 heavy (non-hydrogen) atoms. The lowest BCUT2D eigenvalue weighted by atomic mass is 9.63. The highest BCUT2D eigenvalue weighted by Crippen LogP contribution is 2.65. The SMILES string of the molecule is CCOc1ccc(/C=N/N2C(=O)C3C4C=CC(C5CC45)C3C2=O)cc1OCC. The summed E-state index contributed by atoms with van der Waals surface area (Å²) in [7, 11) is 0. The van der Waals surface area contributed by atoms with Crippen molar-refractivity contribution in [1.82, 2.24) is 5.01 Å². The molecule has 0 spiro atoms. The van der Waals surface area contributed by atoms with Gasteiger partial charge >= 0.3 is 0 Å². The predicted octanol–water partition coefficient (Wildman–Crippen LogP) is 2.87. The molecular weight excluding hydrogens is 356 g/mol. The normalized spacial score (nSPS) is 34.7. The van der Waals surface area contributed by atoms with Crippen LogP contribution in [0.5, 0.6) is 11.5 Å². The minimum atomic E-state index is -0.220. The van der Waals surface area contributed by atoms with E-state index in [0.717, 1.165) is 17.0 Å². The minimum absolute atomic E-state index is 0.146. The summed E-state index contributed by atoms with van der Waals surface area (Å²) in [5.74, 6) is 2.18. The summed E-state index contributed by atoms with van der Waals surface area (Å²) in [4.78, 5) is 25.9. The highest BCUT2D eigenvalue weighted by Gasteiger charge is 2.67. The smallest absolute Gasteiger partial charge is 0.254 e. The average molecular weight is 380 g/mol. The van der Waals surface area contributed by atoms with E-state index in [0.29, 0.717) is 36.5 Å². The van der Waals surface area contributed by atoms with Gasteiger partial charge in [-0.3, -0.25) is 9.59 Å². The zero-order valence-electron chi connectivity index (χ0n) is 16.1. The number of nitrogens with zero attached hydrogens (tertiary/aromatic N) is 2. The summed E-state index contributed by atoms with van der Waals surface area (Å²) >= 11 is 0. The first-order valence-corrected chi connectivity index (χ1v) is 10.1. The average Bonchev–Trinajstić information content (AvgIpc) is 3.48. The second kappa shape index (κ2) is 6.47. The van der Waals surface area contributed by atoms with Crippen LogP contribution < -0.4 is 9.47 Å². The van der Waals surface area contributed by atoms with Crippen molar-refractivity contribution in [1.29, 1.82) is 0 Å². The van der Waals surface area contributed by atoms with Crippen molar-refractivity contribution in [3.63, 3.8) is 0 Å². The number of carbonyl (C=O) groups is 2. The van der Waals surface area contributed by atoms with Crippen LogP contribution in [0.1, 0.15) is 25.8 Å². The Bertz CT molecular complexity index is 857. The lowest BCUT2D eigenvalue weighted by Crippen LogP contribution is -2.40. The van der Waals surface area contributed by atoms with Crippen molar-refractivity contribution < 1.29 is 19.1 Å². The molecule has 1 aromatic carbocycles. The van der Waals surface area contributed by atoms with Gasteiger partial charge in [-0.15, -0.1) is 0 Å². The number of imide groups is 1. The van der Waals surface area contributed by atoms with E-state index in [1.165, 1.54) is 0 Å². The number of hydrogen-bond donors (Lipinski definition) is 0.